The molecule has 0 aromatic heterocycles. The minimum Gasteiger partial charge on any atom is -0.493 e. The van der Waals surface area contributed by atoms with Gasteiger partial charge in [0.05, 0.1) is 45.8 Å². The Morgan fingerprint density at radius 1 is 1.08 bits per heavy atom. The van der Waals surface area contributed by atoms with Gasteiger partial charge in [-0.3, -0.25) is 9.59 Å². The average Bonchev–Trinajstić information content (AvgIpc) is 3.64. The van der Waals surface area contributed by atoms with Crippen LogP contribution in [0.2, 0.25) is 0 Å². The first-order valence-corrected chi connectivity index (χ1v) is 11.6. The Morgan fingerprint density at radius 2 is 1.83 bits per heavy atom. The molecule has 4 heterocycles. The number of methoxy groups -OCH3 is 3. The van der Waals surface area contributed by atoms with Gasteiger partial charge in [-0.1, -0.05) is 18.2 Å². The predicted molar refractivity (Wildman–Crippen MR) is 126 cm³/mol. The van der Waals surface area contributed by atoms with Crippen LogP contribution in [0.4, 0.5) is 5.69 Å². The zero-order chi connectivity index (χ0) is 25.0. The van der Waals surface area contributed by atoms with Gasteiger partial charge < -0.3 is 38.6 Å². The Labute approximate surface area is 207 Å². The van der Waals surface area contributed by atoms with E-state index in [0.29, 0.717) is 47.5 Å². The number of nitrogens with zero attached hydrogens (tertiary/aromatic N) is 1. The number of likely N-dealkylation sites (tertiary alicyclic amines) is 1. The quantitative estimate of drug-likeness (QED) is 0.585. The number of rotatable bonds is 7. The number of fused-ring (bicyclic) bond motifs is 2. The van der Waals surface area contributed by atoms with Crippen LogP contribution >= 0.6 is 0 Å². The maximum Gasteiger partial charge on any atom is 0.231 e. The molecule has 10 heteroatoms. The molecule has 1 N–H and O–H groups in total. The molecule has 188 valence electrons. The number of hydrogen-bond acceptors (Lipinski definition) is 8. The SMILES string of the molecule is COc1cc(NC(=O)C2C3C=CC4(CN(Cc5ccc6c(c5)OCO6)C(=O)C24)O3)cc(OC)c1OC. The summed E-state index contributed by atoms with van der Waals surface area (Å²) in [5.74, 6) is 0.931. The third-order valence-electron chi connectivity index (χ3n) is 7.22. The van der Waals surface area contributed by atoms with Gasteiger partial charge in [-0.2, -0.15) is 0 Å². The lowest BCUT2D eigenvalue weighted by molar-refractivity contribution is -0.136. The molecule has 2 amide bonds. The largest absolute Gasteiger partial charge is 0.493 e. The molecule has 2 aromatic rings. The summed E-state index contributed by atoms with van der Waals surface area (Å²) in [6, 6.07) is 8.94. The van der Waals surface area contributed by atoms with Crippen molar-refractivity contribution in [1.82, 2.24) is 4.90 Å². The fraction of sp³-hybridized carbons (Fsp3) is 0.385. The normalized spacial score (nSPS) is 26.8. The van der Waals surface area contributed by atoms with Crippen molar-refractivity contribution in [2.24, 2.45) is 11.8 Å². The number of hydrogen-bond donors (Lipinski definition) is 1. The van der Waals surface area contributed by atoms with Gasteiger partial charge in [-0.15, -0.1) is 0 Å². The number of amides is 2. The average molecular weight is 495 g/mol. The highest BCUT2D eigenvalue weighted by atomic mass is 16.7. The maximum atomic E-state index is 13.6. The first kappa shape index (κ1) is 22.5. The van der Waals surface area contributed by atoms with Gasteiger partial charge in [0.1, 0.15) is 5.60 Å². The van der Waals surface area contributed by atoms with Crippen LogP contribution in [0.3, 0.4) is 0 Å². The maximum absolute atomic E-state index is 13.6. The van der Waals surface area contributed by atoms with Crippen LogP contribution in [-0.4, -0.2) is 63.1 Å². The van der Waals surface area contributed by atoms with E-state index in [2.05, 4.69) is 5.32 Å². The van der Waals surface area contributed by atoms with E-state index >= 15 is 0 Å². The van der Waals surface area contributed by atoms with E-state index in [1.54, 1.807) is 17.0 Å². The molecule has 10 nitrogen and oxygen atoms in total. The molecule has 36 heavy (non-hydrogen) atoms. The molecule has 2 saturated heterocycles. The van der Waals surface area contributed by atoms with Crippen molar-refractivity contribution < 1.29 is 38.0 Å². The van der Waals surface area contributed by atoms with Crippen LogP contribution in [0.25, 0.3) is 0 Å². The van der Waals surface area contributed by atoms with E-state index in [9.17, 15) is 9.59 Å². The minimum atomic E-state index is -0.810. The number of anilines is 1. The summed E-state index contributed by atoms with van der Waals surface area (Å²) < 4.78 is 33.2. The zero-order valence-electron chi connectivity index (χ0n) is 20.1. The van der Waals surface area contributed by atoms with Crippen molar-refractivity contribution in [3.8, 4) is 28.7 Å². The second-order valence-electron chi connectivity index (χ2n) is 9.19. The van der Waals surface area contributed by atoms with Crippen LogP contribution in [-0.2, 0) is 20.9 Å². The number of ether oxygens (including phenoxy) is 6. The Morgan fingerprint density at radius 3 is 2.56 bits per heavy atom. The van der Waals surface area contributed by atoms with Gasteiger partial charge in [0, 0.05) is 24.4 Å². The molecule has 4 aliphatic rings. The van der Waals surface area contributed by atoms with E-state index in [1.807, 2.05) is 30.4 Å². The molecule has 1 spiro atoms. The number of nitrogens with one attached hydrogen (secondary N) is 1. The lowest BCUT2D eigenvalue weighted by Crippen LogP contribution is -2.41. The van der Waals surface area contributed by atoms with Crippen LogP contribution in [0.5, 0.6) is 28.7 Å². The van der Waals surface area contributed by atoms with Crippen molar-refractivity contribution in [1.29, 1.82) is 0 Å². The van der Waals surface area contributed by atoms with Crippen molar-refractivity contribution in [2.75, 3.05) is 40.0 Å². The molecule has 6 rings (SSSR count). The summed E-state index contributed by atoms with van der Waals surface area (Å²) in [7, 11) is 4.53. The molecule has 0 radical (unpaired) electrons. The fourth-order valence-electron chi connectivity index (χ4n) is 5.65. The third kappa shape index (κ3) is 3.35. The van der Waals surface area contributed by atoms with Crippen LogP contribution in [0, 0.1) is 11.8 Å². The van der Waals surface area contributed by atoms with Crippen LogP contribution in [0.1, 0.15) is 5.56 Å². The van der Waals surface area contributed by atoms with Gasteiger partial charge in [0.25, 0.3) is 0 Å². The monoisotopic (exact) mass is 494 g/mol. The summed E-state index contributed by atoms with van der Waals surface area (Å²) in [6.45, 7) is 0.956. The van der Waals surface area contributed by atoms with E-state index < -0.39 is 23.5 Å². The molecule has 2 bridgehead atoms. The van der Waals surface area contributed by atoms with Gasteiger partial charge in [0.15, 0.2) is 23.0 Å². The minimum absolute atomic E-state index is 0.107. The first-order valence-electron chi connectivity index (χ1n) is 11.6. The topological polar surface area (TPSA) is 105 Å². The fourth-order valence-corrected chi connectivity index (χ4v) is 5.65. The Bertz CT molecular complexity index is 1250. The number of benzene rings is 2. The molecule has 2 aromatic carbocycles. The molecule has 4 aliphatic heterocycles. The van der Waals surface area contributed by atoms with E-state index in [-0.39, 0.29) is 18.6 Å². The Hall–Kier alpha value is -3.92. The van der Waals surface area contributed by atoms with Crippen molar-refractivity contribution >= 4 is 17.5 Å². The Kier molecular flexibility index (Phi) is 5.22. The van der Waals surface area contributed by atoms with E-state index in [1.165, 1.54) is 21.3 Å². The van der Waals surface area contributed by atoms with Crippen molar-refractivity contribution in [3.05, 3.63) is 48.0 Å². The number of carbonyl (C=O) groups is 2. The lowest BCUT2D eigenvalue weighted by Gasteiger charge is -2.24. The molecular formula is C26H26N2O8. The molecule has 0 aliphatic carbocycles. The van der Waals surface area contributed by atoms with Crippen LogP contribution in [0.15, 0.2) is 42.5 Å². The molecular weight excluding hydrogens is 468 g/mol. The van der Waals surface area contributed by atoms with E-state index in [0.717, 1.165) is 5.56 Å². The predicted octanol–water partition coefficient (Wildman–Crippen LogP) is 2.36. The second kappa shape index (κ2) is 8.34. The smallest absolute Gasteiger partial charge is 0.231 e. The van der Waals surface area contributed by atoms with Crippen LogP contribution < -0.4 is 29.0 Å². The highest BCUT2D eigenvalue weighted by molar-refractivity contribution is 5.99. The highest BCUT2D eigenvalue weighted by Crippen LogP contribution is 2.52. The van der Waals surface area contributed by atoms with Crippen molar-refractivity contribution in [2.45, 2.75) is 18.2 Å². The van der Waals surface area contributed by atoms with Crippen molar-refractivity contribution in [3.63, 3.8) is 0 Å². The summed E-state index contributed by atoms with van der Waals surface area (Å²) in [5.41, 5.74) is 0.578. The number of carbonyl (C=O) groups excluding carboxylic acids is 2. The van der Waals surface area contributed by atoms with Gasteiger partial charge in [-0.05, 0) is 17.7 Å². The summed E-state index contributed by atoms with van der Waals surface area (Å²) >= 11 is 0. The third-order valence-corrected chi connectivity index (χ3v) is 7.22. The Balaban J connectivity index is 1.23. The second-order valence-corrected chi connectivity index (χ2v) is 9.19. The summed E-state index contributed by atoms with van der Waals surface area (Å²) in [6.07, 6.45) is 3.35. The molecule has 0 saturated carbocycles. The summed E-state index contributed by atoms with van der Waals surface area (Å²) in [4.78, 5) is 28.8. The zero-order valence-corrected chi connectivity index (χ0v) is 20.1. The standard InChI is InChI=1S/C26H26N2O8/c1-31-19-9-15(10-20(32-2)23(19)33-3)27-24(29)21-17-6-7-26(36-17)12-28(25(30)22(21)26)11-14-4-5-16-18(8-14)35-13-34-16/h4-10,17,21-22H,11-13H2,1-3H3,(H,27,29). The molecule has 2 fully saturated rings. The summed E-state index contributed by atoms with van der Waals surface area (Å²) in [5, 5.41) is 2.92. The first-order chi connectivity index (χ1) is 17.5. The molecule has 4 atom stereocenters. The van der Waals surface area contributed by atoms with Gasteiger partial charge >= 0.3 is 0 Å². The molecule has 4 unspecified atom stereocenters. The van der Waals surface area contributed by atoms with Gasteiger partial charge in [0.2, 0.25) is 24.4 Å². The van der Waals surface area contributed by atoms with E-state index in [4.69, 9.17) is 28.4 Å². The van der Waals surface area contributed by atoms with Gasteiger partial charge in [-0.25, -0.2) is 0 Å². The highest BCUT2D eigenvalue weighted by Gasteiger charge is 2.66. The lowest BCUT2D eigenvalue weighted by atomic mass is 9.77.